The number of amides is 1. The summed E-state index contributed by atoms with van der Waals surface area (Å²) in [4.78, 5) is 27.6. The number of aromatic nitrogens is 2. The zero-order chi connectivity index (χ0) is 19.7. The van der Waals surface area contributed by atoms with Gasteiger partial charge in [0.2, 0.25) is 0 Å². The number of carbonyl (C=O) groups is 1. The Morgan fingerprint density at radius 2 is 1.96 bits per heavy atom. The molecular weight excluding hydrogens is 424 g/mol. The summed E-state index contributed by atoms with van der Waals surface area (Å²) in [5.74, 6) is 0.719. The van der Waals surface area contributed by atoms with E-state index in [9.17, 15) is 14.9 Å². The van der Waals surface area contributed by atoms with E-state index in [1.165, 1.54) is 31.0 Å². The maximum atomic E-state index is 12.4. The quantitative estimate of drug-likeness (QED) is 0.465. The van der Waals surface area contributed by atoms with Crippen LogP contribution < -0.4 is 5.32 Å². The molecule has 142 valence electrons. The molecule has 1 amide bonds. The average molecular weight is 441 g/mol. The molecule has 0 atom stereocenters. The van der Waals surface area contributed by atoms with E-state index in [0.29, 0.717) is 10.2 Å². The molecule has 3 aromatic rings. The van der Waals surface area contributed by atoms with E-state index in [1.807, 2.05) is 12.1 Å². The van der Waals surface area contributed by atoms with Gasteiger partial charge in [0.15, 0.2) is 0 Å². The molecule has 0 bridgehead atoms. The summed E-state index contributed by atoms with van der Waals surface area (Å²) < 4.78 is 2.54. The van der Waals surface area contributed by atoms with Crippen molar-refractivity contribution in [1.82, 2.24) is 9.55 Å². The van der Waals surface area contributed by atoms with Crippen molar-refractivity contribution < 1.29 is 9.72 Å². The van der Waals surface area contributed by atoms with E-state index in [1.54, 1.807) is 12.1 Å². The molecule has 1 aliphatic rings. The van der Waals surface area contributed by atoms with Crippen LogP contribution in [0.25, 0.3) is 11.3 Å². The van der Waals surface area contributed by atoms with Crippen molar-refractivity contribution in [2.45, 2.75) is 25.8 Å². The number of rotatable bonds is 4. The molecular formula is C20H17BrN4O3. The molecule has 0 aliphatic carbocycles. The van der Waals surface area contributed by atoms with Crippen LogP contribution in [0, 0.1) is 10.1 Å². The number of imidazole rings is 1. The summed E-state index contributed by atoms with van der Waals surface area (Å²) in [5.41, 5.74) is 2.60. The van der Waals surface area contributed by atoms with Crippen LogP contribution >= 0.6 is 15.9 Å². The van der Waals surface area contributed by atoms with Gasteiger partial charge in [-0.05, 0) is 53.0 Å². The Kier molecular flexibility index (Phi) is 4.95. The first-order valence-corrected chi connectivity index (χ1v) is 9.72. The fourth-order valence-electron chi connectivity index (χ4n) is 3.27. The second-order valence-electron chi connectivity index (χ2n) is 6.65. The highest BCUT2D eigenvalue weighted by atomic mass is 79.9. The topological polar surface area (TPSA) is 90.1 Å². The summed E-state index contributed by atoms with van der Waals surface area (Å²) in [5, 5.41) is 13.8. The lowest BCUT2D eigenvalue weighted by Gasteiger charge is -2.11. The minimum atomic E-state index is -0.528. The van der Waals surface area contributed by atoms with Gasteiger partial charge in [0, 0.05) is 42.0 Å². The molecule has 0 saturated heterocycles. The molecule has 1 aromatic heterocycles. The number of aryl methyl sites for hydroxylation is 2. The lowest BCUT2D eigenvalue weighted by molar-refractivity contribution is -0.385. The Morgan fingerprint density at radius 1 is 1.18 bits per heavy atom. The Morgan fingerprint density at radius 3 is 2.68 bits per heavy atom. The monoisotopic (exact) mass is 440 g/mol. The Hall–Kier alpha value is -3.00. The zero-order valence-electron chi connectivity index (χ0n) is 14.9. The predicted molar refractivity (Wildman–Crippen MR) is 109 cm³/mol. The van der Waals surface area contributed by atoms with Crippen LogP contribution in [0.3, 0.4) is 0 Å². The number of fused-ring (bicyclic) bond motifs is 1. The van der Waals surface area contributed by atoms with E-state index >= 15 is 0 Å². The Labute approximate surface area is 169 Å². The third kappa shape index (κ3) is 3.68. The van der Waals surface area contributed by atoms with Crippen LogP contribution in [0.1, 0.15) is 29.0 Å². The second-order valence-corrected chi connectivity index (χ2v) is 7.50. The number of nitro benzene ring substituents is 1. The molecule has 0 spiro atoms. The number of nitrogens with one attached hydrogen (secondary N) is 1. The highest BCUT2D eigenvalue weighted by molar-refractivity contribution is 9.10. The van der Waals surface area contributed by atoms with Crippen LogP contribution in [-0.4, -0.2) is 20.4 Å². The number of hydrogen-bond donors (Lipinski definition) is 1. The SMILES string of the molecule is O=C(Nc1ccc(-c2cn3c(n2)CCCC3)cc1)c1ccc(Br)c([N+](=O)[O-])c1. The highest BCUT2D eigenvalue weighted by Gasteiger charge is 2.17. The lowest BCUT2D eigenvalue weighted by atomic mass is 10.1. The number of carbonyl (C=O) groups excluding carboxylic acids is 1. The average Bonchev–Trinajstić information content (AvgIpc) is 3.13. The number of benzene rings is 2. The van der Waals surface area contributed by atoms with Gasteiger partial charge in [-0.25, -0.2) is 4.98 Å². The van der Waals surface area contributed by atoms with E-state index < -0.39 is 10.8 Å². The van der Waals surface area contributed by atoms with Gasteiger partial charge in [0.05, 0.1) is 15.1 Å². The minimum absolute atomic E-state index is 0.147. The normalized spacial score (nSPS) is 13.0. The largest absolute Gasteiger partial charge is 0.334 e. The molecule has 8 heteroatoms. The smallest absolute Gasteiger partial charge is 0.284 e. The molecule has 0 radical (unpaired) electrons. The molecule has 4 rings (SSSR count). The molecule has 2 aromatic carbocycles. The van der Waals surface area contributed by atoms with Gasteiger partial charge in [-0.1, -0.05) is 12.1 Å². The van der Waals surface area contributed by atoms with Crippen LogP contribution in [0.2, 0.25) is 0 Å². The zero-order valence-corrected chi connectivity index (χ0v) is 16.5. The van der Waals surface area contributed by atoms with E-state index in [4.69, 9.17) is 4.98 Å². The van der Waals surface area contributed by atoms with E-state index in [0.717, 1.165) is 30.0 Å². The molecule has 7 nitrogen and oxygen atoms in total. The summed E-state index contributed by atoms with van der Waals surface area (Å²) in [7, 11) is 0. The highest BCUT2D eigenvalue weighted by Crippen LogP contribution is 2.27. The molecule has 2 heterocycles. The first-order chi connectivity index (χ1) is 13.5. The van der Waals surface area contributed by atoms with Gasteiger partial charge < -0.3 is 9.88 Å². The van der Waals surface area contributed by atoms with Gasteiger partial charge in [0.25, 0.3) is 11.6 Å². The van der Waals surface area contributed by atoms with Crippen molar-refractivity contribution in [1.29, 1.82) is 0 Å². The van der Waals surface area contributed by atoms with Crippen molar-refractivity contribution in [3.05, 3.63) is 74.6 Å². The number of anilines is 1. The summed E-state index contributed by atoms with van der Waals surface area (Å²) in [6.07, 6.45) is 5.44. The summed E-state index contributed by atoms with van der Waals surface area (Å²) in [6.45, 7) is 1.01. The van der Waals surface area contributed by atoms with Crippen LogP contribution in [-0.2, 0) is 13.0 Å². The predicted octanol–water partition coefficient (Wildman–Crippen LogP) is 4.81. The first kappa shape index (κ1) is 18.4. The minimum Gasteiger partial charge on any atom is -0.334 e. The van der Waals surface area contributed by atoms with E-state index in [-0.39, 0.29) is 11.3 Å². The number of nitro groups is 1. The van der Waals surface area contributed by atoms with E-state index in [2.05, 4.69) is 32.0 Å². The van der Waals surface area contributed by atoms with Gasteiger partial charge in [0.1, 0.15) is 5.82 Å². The maximum Gasteiger partial charge on any atom is 0.284 e. The number of halogens is 1. The van der Waals surface area contributed by atoms with Crippen LogP contribution in [0.5, 0.6) is 0 Å². The van der Waals surface area contributed by atoms with Crippen molar-refractivity contribution in [3.63, 3.8) is 0 Å². The van der Waals surface area contributed by atoms with Crippen molar-refractivity contribution >= 4 is 33.2 Å². The third-order valence-corrected chi connectivity index (χ3v) is 5.42. The fourth-order valence-corrected chi connectivity index (χ4v) is 3.66. The molecule has 0 fully saturated rings. The molecule has 28 heavy (non-hydrogen) atoms. The second kappa shape index (κ2) is 7.55. The molecule has 1 aliphatic heterocycles. The van der Waals surface area contributed by atoms with Gasteiger partial charge in [-0.15, -0.1) is 0 Å². The van der Waals surface area contributed by atoms with Gasteiger partial charge in [-0.3, -0.25) is 14.9 Å². The maximum absolute atomic E-state index is 12.4. The Balaban J connectivity index is 1.50. The van der Waals surface area contributed by atoms with Gasteiger partial charge in [-0.2, -0.15) is 0 Å². The molecule has 0 unspecified atom stereocenters. The van der Waals surface area contributed by atoms with Crippen molar-refractivity contribution in [2.24, 2.45) is 0 Å². The van der Waals surface area contributed by atoms with Crippen LogP contribution in [0.4, 0.5) is 11.4 Å². The standard InChI is InChI=1S/C20H17BrN4O3/c21-16-9-6-14(11-18(16)25(27)28)20(26)22-15-7-4-13(5-8-15)17-12-24-10-2-1-3-19(24)23-17/h4-9,11-12H,1-3,10H2,(H,22,26). The first-order valence-electron chi connectivity index (χ1n) is 8.93. The summed E-state index contributed by atoms with van der Waals surface area (Å²) in [6, 6.07) is 11.7. The third-order valence-electron chi connectivity index (χ3n) is 4.75. The van der Waals surface area contributed by atoms with Crippen molar-refractivity contribution in [3.8, 4) is 11.3 Å². The fraction of sp³-hybridized carbons (Fsp3) is 0.200. The summed E-state index contributed by atoms with van der Waals surface area (Å²) >= 11 is 3.12. The van der Waals surface area contributed by atoms with Gasteiger partial charge >= 0.3 is 0 Å². The van der Waals surface area contributed by atoms with Crippen LogP contribution in [0.15, 0.2) is 53.1 Å². The number of nitrogens with zero attached hydrogens (tertiary/aromatic N) is 3. The number of hydrogen-bond acceptors (Lipinski definition) is 4. The van der Waals surface area contributed by atoms with Crippen molar-refractivity contribution in [2.75, 3.05) is 5.32 Å². The molecule has 1 N–H and O–H groups in total. The lowest BCUT2D eigenvalue weighted by Crippen LogP contribution is -2.12. The Bertz CT molecular complexity index is 1040. The molecule has 0 saturated carbocycles.